The van der Waals surface area contributed by atoms with Gasteiger partial charge in [-0.1, -0.05) is 30.8 Å². The molecule has 2 N–H and O–H groups in total. The van der Waals surface area contributed by atoms with Crippen LogP contribution in [0.5, 0.6) is 0 Å². The van der Waals surface area contributed by atoms with E-state index in [4.69, 9.17) is 0 Å². The van der Waals surface area contributed by atoms with Crippen molar-refractivity contribution in [1.82, 2.24) is 20.2 Å². The Hall–Kier alpha value is -3.58. The van der Waals surface area contributed by atoms with Crippen LogP contribution >= 0.6 is 0 Å². The molecule has 2 heterocycles. The van der Waals surface area contributed by atoms with Crippen LogP contribution in [0.3, 0.4) is 0 Å². The Morgan fingerprint density at radius 1 is 1.18 bits per heavy atom. The molecule has 7 heteroatoms. The highest BCUT2D eigenvalue weighted by molar-refractivity contribution is 6.06. The van der Waals surface area contributed by atoms with Crippen LogP contribution in [0.15, 0.2) is 61.3 Å². The van der Waals surface area contributed by atoms with Gasteiger partial charge in [0.25, 0.3) is 5.91 Å². The zero-order valence-electron chi connectivity index (χ0n) is 18.9. The Morgan fingerprint density at radius 2 is 2.00 bits per heavy atom. The van der Waals surface area contributed by atoms with E-state index in [-0.39, 0.29) is 11.8 Å². The third kappa shape index (κ3) is 5.62. The summed E-state index contributed by atoms with van der Waals surface area (Å²) < 4.78 is 0. The molecule has 4 rings (SSSR count). The van der Waals surface area contributed by atoms with Crippen molar-refractivity contribution in [2.45, 2.75) is 19.3 Å². The number of hydrogen-bond donors (Lipinski definition) is 2. The normalized spacial score (nSPS) is 14.7. The first-order valence-electron chi connectivity index (χ1n) is 11.3. The summed E-state index contributed by atoms with van der Waals surface area (Å²) in [5.41, 5.74) is 1.79. The van der Waals surface area contributed by atoms with Crippen molar-refractivity contribution in [3.05, 3.63) is 67.0 Å². The number of likely N-dealkylation sites (tertiary alicyclic amines) is 1. The van der Waals surface area contributed by atoms with Gasteiger partial charge in [0.05, 0.1) is 0 Å². The number of nitrogens with one attached hydrogen (secondary N) is 2. The smallest absolute Gasteiger partial charge is 0.270 e. The minimum atomic E-state index is -0.275. The maximum atomic E-state index is 12.7. The van der Waals surface area contributed by atoms with E-state index in [1.165, 1.54) is 18.9 Å². The molecule has 1 saturated heterocycles. The second kappa shape index (κ2) is 10.4. The fourth-order valence-electron chi connectivity index (χ4n) is 4.16. The summed E-state index contributed by atoms with van der Waals surface area (Å²) in [5, 5.41) is 7.67. The average molecular weight is 444 g/mol. The predicted molar refractivity (Wildman–Crippen MR) is 131 cm³/mol. The van der Waals surface area contributed by atoms with E-state index in [2.05, 4.69) is 39.1 Å². The van der Waals surface area contributed by atoms with Gasteiger partial charge in [-0.15, -0.1) is 0 Å². The van der Waals surface area contributed by atoms with Crippen molar-refractivity contribution in [2.24, 2.45) is 5.92 Å². The Kier molecular flexibility index (Phi) is 7.10. The van der Waals surface area contributed by atoms with Gasteiger partial charge >= 0.3 is 0 Å². The van der Waals surface area contributed by atoms with Gasteiger partial charge in [-0.05, 0) is 75.0 Å². The monoisotopic (exact) mass is 443 g/mol. The molecule has 3 aromatic rings. The van der Waals surface area contributed by atoms with Gasteiger partial charge in [-0.2, -0.15) is 0 Å². The largest absolute Gasteiger partial charge is 0.351 e. The fraction of sp³-hybridized carbons (Fsp3) is 0.308. The summed E-state index contributed by atoms with van der Waals surface area (Å²) in [6.07, 6.45) is 6.19. The number of aromatic nitrogens is 2. The lowest BCUT2D eigenvalue weighted by Gasteiger charge is -2.28. The molecule has 2 amide bonds. The average Bonchev–Trinajstić information content (AvgIpc) is 2.85. The van der Waals surface area contributed by atoms with E-state index in [0.717, 1.165) is 35.8 Å². The summed E-state index contributed by atoms with van der Waals surface area (Å²) in [6.45, 7) is 6.40. The summed E-state index contributed by atoms with van der Waals surface area (Å²) in [7, 11) is 2.15. The van der Waals surface area contributed by atoms with E-state index >= 15 is 0 Å². The zero-order chi connectivity index (χ0) is 23.2. The molecule has 0 unspecified atom stereocenters. The fourth-order valence-corrected chi connectivity index (χ4v) is 4.16. The van der Waals surface area contributed by atoms with Crippen LogP contribution in [-0.4, -0.2) is 53.4 Å². The third-order valence-corrected chi connectivity index (χ3v) is 6.15. The van der Waals surface area contributed by atoms with E-state index in [1.54, 1.807) is 12.3 Å². The van der Waals surface area contributed by atoms with Gasteiger partial charge in [-0.3, -0.25) is 9.59 Å². The third-order valence-electron chi connectivity index (χ3n) is 6.15. The van der Waals surface area contributed by atoms with Crippen LogP contribution in [0.25, 0.3) is 22.2 Å². The van der Waals surface area contributed by atoms with E-state index in [9.17, 15) is 9.59 Å². The molecular formula is C26H29N5O2. The molecule has 170 valence electrons. The molecule has 7 nitrogen and oxygen atoms in total. The highest BCUT2D eigenvalue weighted by Crippen LogP contribution is 2.28. The molecule has 1 aliphatic heterocycles. The number of carbonyl (C=O) groups excluding carboxylic acids is 2. The number of rotatable bonds is 7. The number of benzene rings is 2. The lowest BCUT2D eigenvalue weighted by atomic mass is 9.94. The molecular weight excluding hydrogens is 414 g/mol. The first-order chi connectivity index (χ1) is 16.0. The highest BCUT2D eigenvalue weighted by atomic mass is 16.2. The van der Waals surface area contributed by atoms with Gasteiger partial charge in [0.15, 0.2) is 5.82 Å². The van der Waals surface area contributed by atoms with Gasteiger partial charge in [0.1, 0.15) is 5.69 Å². The lowest BCUT2D eigenvalue weighted by Crippen LogP contribution is -2.33. The number of carbonyl (C=O) groups is 2. The molecule has 0 bridgehead atoms. The van der Waals surface area contributed by atoms with E-state index < -0.39 is 0 Å². The van der Waals surface area contributed by atoms with Gasteiger partial charge < -0.3 is 15.5 Å². The van der Waals surface area contributed by atoms with Crippen LogP contribution in [-0.2, 0) is 4.79 Å². The Bertz CT molecular complexity index is 1170. The van der Waals surface area contributed by atoms with Crippen molar-refractivity contribution in [1.29, 1.82) is 0 Å². The minimum Gasteiger partial charge on any atom is -0.351 e. The van der Waals surface area contributed by atoms with Crippen LogP contribution < -0.4 is 10.6 Å². The number of anilines is 1. The van der Waals surface area contributed by atoms with Crippen molar-refractivity contribution in [2.75, 3.05) is 32.0 Å². The SMILES string of the molecule is C=CC(=O)Nc1cccc2ccc(-c3nccc(C(=O)NCCC4CCN(C)CC4)n3)cc12. The Balaban J connectivity index is 1.47. The standard InChI is InChI=1S/C26H29N5O2/c1-3-24(32)29-22-6-4-5-19-7-8-20(17-21(19)22)25-27-14-10-23(30-25)26(33)28-13-9-18-11-15-31(2)16-12-18/h3-8,10,14,17-18H,1,9,11-13,15-16H2,2H3,(H,28,33)(H,29,32). The van der Waals surface area contributed by atoms with Crippen LogP contribution in [0.4, 0.5) is 5.69 Å². The molecule has 1 fully saturated rings. The number of hydrogen-bond acceptors (Lipinski definition) is 5. The molecule has 33 heavy (non-hydrogen) atoms. The second-order valence-electron chi connectivity index (χ2n) is 8.49. The van der Waals surface area contributed by atoms with Gasteiger partial charge in [0, 0.05) is 29.4 Å². The Morgan fingerprint density at radius 3 is 2.79 bits per heavy atom. The topological polar surface area (TPSA) is 87.2 Å². The number of piperidine rings is 1. The summed E-state index contributed by atoms with van der Waals surface area (Å²) in [5.74, 6) is 0.662. The lowest BCUT2D eigenvalue weighted by molar-refractivity contribution is -0.111. The van der Waals surface area contributed by atoms with Crippen LogP contribution in [0.2, 0.25) is 0 Å². The first-order valence-corrected chi connectivity index (χ1v) is 11.3. The number of amides is 2. The van der Waals surface area contributed by atoms with Crippen LogP contribution in [0, 0.1) is 5.92 Å². The quantitative estimate of drug-likeness (QED) is 0.541. The summed E-state index contributed by atoms with van der Waals surface area (Å²) in [6, 6.07) is 13.1. The predicted octanol–water partition coefficient (Wildman–Crippen LogP) is 3.88. The van der Waals surface area contributed by atoms with Crippen molar-refractivity contribution >= 4 is 28.3 Å². The first kappa shape index (κ1) is 22.6. The second-order valence-corrected chi connectivity index (χ2v) is 8.49. The molecule has 0 saturated carbocycles. The maximum absolute atomic E-state index is 12.7. The highest BCUT2D eigenvalue weighted by Gasteiger charge is 2.17. The maximum Gasteiger partial charge on any atom is 0.270 e. The minimum absolute atomic E-state index is 0.189. The van der Waals surface area contributed by atoms with E-state index in [1.807, 2.05) is 36.4 Å². The number of nitrogens with zero attached hydrogens (tertiary/aromatic N) is 3. The molecule has 1 aliphatic rings. The molecule has 0 atom stereocenters. The molecule has 0 spiro atoms. The van der Waals surface area contributed by atoms with Gasteiger partial charge in [-0.25, -0.2) is 9.97 Å². The van der Waals surface area contributed by atoms with Crippen molar-refractivity contribution in [3.8, 4) is 11.4 Å². The zero-order valence-corrected chi connectivity index (χ0v) is 18.9. The van der Waals surface area contributed by atoms with E-state index in [0.29, 0.717) is 29.7 Å². The van der Waals surface area contributed by atoms with Crippen molar-refractivity contribution < 1.29 is 9.59 Å². The van der Waals surface area contributed by atoms with Crippen LogP contribution in [0.1, 0.15) is 29.8 Å². The molecule has 1 aromatic heterocycles. The van der Waals surface area contributed by atoms with Crippen molar-refractivity contribution in [3.63, 3.8) is 0 Å². The van der Waals surface area contributed by atoms with Gasteiger partial charge in [0.2, 0.25) is 5.91 Å². The Labute approximate surface area is 193 Å². The molecule has 2 aromatic carbocycles. The molecule has 0 aliphatic carbocycles. The number of fused-ring (bicyclic) bond motifs is 1. The summed E-state index contributed by atoms with van der Waals surface area (Å²) >= 11 is 0. The summed E-state index contributed by atoms with van der Waals surface area (Å²) in [4.78, 5) is 35.7. The molecule has 0 radical (unpaired) electrons.